The van der Waals surface area contributed by atoms with Crippen molar-refractivity contribution in [2.45, 2.75) is 45.6 Å². The number of aromatic nitrogens is 4. The highest BCUT2D eigenvalue weighted by atomic mass is 35.5. The van der Waals surface area contributed by atoms with E-state index in [1.165, 1.54) is 6.20 Å². The lowest BCUT2D eigenvalue weighted by atomic mass is 9.85. The third kappa shape index (κ3) is 4.14. The molecular weight excluding hydrogens is 404 g/mol. The van der Waals surface area contributed by atoms with Gasteiger partial charge in [-0.1, -0.05) is 11.6 Å². The molecule has 8 nitrogen and oxygen atoms in total. The van der Waals surface area contributed by atoms with Gasteiger partial charge in [0.1, 0.15) is 5.56 Å². The Bertz CT molecular complexity index is 1100. The molecule has 4 rings (SSSR count). The van der Waals surface area contributed by atoms with Gasteiger partial charge in [-0.3, -0.25) is 14.6 Å². The highest BCUT2D eigenvalue weighted by Gasteiger charge is 2.28. The van der Waals surface area contributed by atoms with Crippen LogP contribution in [0.3, 0.4) is 0 Å². The second-order valence-electron chi connectivity index (χ2n) is 7.70. The minimum absolute atomic E-state index is 0.0203. The molecule has 1 aliphatic rings. The first-order valence-corrected chi connectivity index (χ1v) is 10.3. The van der Waals surface area contributed by atoms with Gasteiger partial charge in [-0.25, -0.2) is 9.50 Å². The van der Waals surface area contributed by atoms with Gasteiger partial charge in [-0.05, 0) is 51.7 Å². The van der Waals surface area contributed by atoms with Crippen molar-refractivity contribution in [1.29, 1.82) is 0 Å². The van der Waals surface area contributed by atoms with E-state index >= 15 is 0 Å². The number of rotatable bonds is 4. The number of hydrogen-bond donors (Lipinski definition) is 2. The number of anilines is 1. The molecule has 1 saturated carbocycles. The Balaban J connectivity index is 1.35. The van der Waals surface area contributed by atoms with Crippen LogP contribution in [-0.2, 0) is 4.79 Å². The fourth-order valence-corrected chi connectivity index (χ4v) is 4.07. The first kappa shape index (κ1) is 20.3. The summed E-state index contributed by atoms with van der Waals surface area (Å²) in [5.74, 6) is -0.337. The smallest absolute Gasteiger partial charge is 0.256 e. The third-order valence-electron chi connectivity index (χ3n) is 5.49. The Morgan fingerprint density at radius 2 is 1.93 bits per heavy atom. The van der Waals surface area contributed by atoms with Gasteiger partial charge >= 0.3 is 0 Å². The Morgan fingerprint density at radius 1 is 1.17 bits per heavy atom. The van der Waals surface area contributed by atoms with E-state index in [-0.39, 0.29) is 23.8 Å². The number of carbonyl (C=O) groups is 2. The third-order valence-corrected chi connectivity index (χ3v) is 5.79. The lowest BCUT2D eigenvalue weighted by molar-refractivity contribution is -0.120. The molecule has 0 bridgehead atoms. The normalized spacial score (nSPS) is 18.9. The van der Waals surface area contributed by atoms with Gasteiger partial charge in [-0.15, -0.1) is 0 Å². The zero-order valence-corrected chi connectivity index (χ0v) is 17.6. The van der Waals surface area contributed by atoms with Crippen LogP contribution in [-0.4, -0.2) is 37.4 Å². The predicted octanol–water partition coefficient (Wildman–Crippen LogP) is 3.32. The summed E-state index contributed by atoms with van der Waals surface area (Å²) in [5.41, 5.74) is 3.37. The van der Waals surface area contributed by atoms with Gasteiger partial charge in [0, 0.05) is 35.7 Å². The number of nitrogens with one attached hydrogen (secondary N) is 2. The number of hydrogen-bond acceptors (Lipinski definition) is 5. The quantitative estimate of drug-likeness (QED) is 0.666. The number of nitrogens with zero attached hydrogens (tertiary/aromatic N) is 4. The molecule has 30 heavy (non-hydrogen) atoms. The molecule has 3 aromatic heterocycles. The zero-order chi connectivity index (χ0) is 21.3. The molecule has 0 spiro atoms. The monoisotopic (exact) mass is 426 g/mol. The fraction of sp³-hybridized carbons (Fsp3) is 0.381. The number of halogens is 1. The minimum Gasteiger partial charge on any atom is -0.349 e. The molecule has 0 atom stereocenters. The molecule has 1 fully saturated rings. The van der Waals surface area contributed by atoms with Crippen molar-refractivity contribution in [2.75, 3.05) is 5.32 Å². The maximum Gasteiger partial charge on any atom is 0.256 e. The number of amides is 2. The average molecular weight is 427 g/mol. The lowest BCUT2D eigenvalue weighted by Crippen LogP contribution is -2.39. The molecule has 3 aromatic rings. The van der Waals surface area contributed by atoms with Crippen molar-refractivity contribution in [2.24, 2.45) is 5.92 Å². The van der Waals surface area contributed by atoms with Crippen LogP contribution in [0.15, 0.2) is 30.7 Å². The Hall–Kier alpha value is -3.00. The van der Waals surface area contributed by atoms with E-state index in [1.807, 2.05) is 19.9 Å². The number of carbonyl (C=O) groups excluding carboxylic acids is 2. The largest absolute Gasteiger partial charge is 0.349 e. The molecule has 9 heteroatoms. The van der Waals surface area contributed by atoms with Gasteiger partial charge in [-0.2, -0.15) is 5.10 Å². The fourth-order valence-electron chi connectivity index (χ4n) is 3.91. The van der Waals surface area contributed by atoms with Crippen molar-refractivity contribution in [1.82, 2.24) is 24.9 Å². The van der Waals surface area contributed by atoms with Crippen LogP contribution in [0.4, 0.5) is 5.69 Å². The Kier molecular flexibility index (Phi) is 5.67. The highest BCUT2D eigenvalue weighted by molar-refractivity contribution is 6.33. The van der Waals surface area contributed by atoms with E-state index in [1.54, 1.807) is 23.0 Å². The molecule has 2 N–H and O–H groups in total. The maximum absolute atomic E-state index is 12.8. The van der Waals surface area contributed by atoms with Crippen LogP contribution in [0.2, 0.25) is 5.02 Å². The highest BCUT2D eigenvalue weighted by Crippen LogP contribution is 2.27. The van der Waals surface area contributed by atoms with E-state index < -0.39 is 0 Å². The van der Waals surface area contributed by atoms with Crippen LogP contribution < -0.4 is 10.6 Å². The Labute approximate surface area is 179 Å². The lowest BCUT2D eigenvalue weighted by Gasteiger charge is -2.28. The second kappa shape index (κ2) is 8.39. The topological polar surface area (TPSA) is 101 Å². The molecule has 3 heterocycles. The van der Waals surface area contributed by atoms with Crippen molar-refractivity contribution < 1.29 is 9.59 Å². The Morgan fingerprint density at radius 3 is 2.67 bits per heavy atom. The van der Waals surface area contributed by atoms with Crippen molar-refractivity contribution >= 4 is 34.7 Å². The number of fused-ring (bicyclic) bond motifs is 1. The summed E-state index contributed by atoms with van der Waals surface area (Å²) < 4.78 is 1.67. The summed E-state index contributed by atoms with van der Waals surface area (Å²) in [7, 11) is 0. The molecule has 0 aromatic carbocycles. The standard InChI is InChI=1S/C21H23ClN6O2/c1-12-9-13(2)28-19(25-12)16(10-24-28)21(30)26-15-5-3-14(4-6-15)20(29)27-18-7-8-23-11-17(18)22/h7-11,14-15H,3-6H2,1-2H3,(H,26,30)(H,23,27,29)/t14-,15-. The van der Waals surface area contributed by atoms with E-state index in [2.05, 4.69) is 25.7 Å². The molecule has 156 valence electrons. The van der Waals surface area contributed by atoms with Crippen LogP contribution >= 0.6 is 11.6 Å². The summed E-state index contributed by atoms with van der Waals surface area (Å²) >= 11 is 6.06. The number of pyridine rings is 1. The van der Waals surface area contributed by atoms with Gasteiger partial charge in [0.25, 0.3) is 5.91 Å². The summed E-state index contributed by atoms with van der Waals surface area (Å²) in [4.78, 5) is 33.7. The van der Waals surface area contributed by atoms with Gasteiger partial charge in [0.2, 0.25) is 5.91 Å². The first-order valence-electron chi connectivity index (χ1n) is 9.95. The molecule has 0 aliphatic heterocycles. The number of aryl methyl sites for hydroxylation is 2. The van der Waals surface area contributed by atoms with Gasteiger partial charge < -0.3 is 10.6 Å². The molecule has 2 amide bonds. The molecule has 0 saturated heterocycles. The summed E-state index contributed by atoms with van der Waals surface area (Å²) in [6.45, 7) is 3.83. The molecular formula is C21H23ClN6O2. The van der Waals surface area contributed by atoms with Gasteiger partial charge in [0.05, 0.1) is 16.9 Å². The zero-order valence-electron chi connectivity index (χ0n) is 16.9. The summed E-state index contributed by atoms with van der Waals surface area (Å²) in [6, 6.07) is 3.62. The van der Waals surface area contributed by atoms with Crippen LogP contribution in [0.5, 0.6) is 0 Å². The summed E-state index contributed by atoms with van der Waals surface area (Å²) in [5, 5.41) is 10.6. The summed E-state index contributed by atoms with van der Waals surface area (Å²) in [6.07, 6.45) is 7.52. The maximum atomic E-state index is 12.8. The molecule has 1 aliphatic carbocycles. The first-order chi connectivity index (χ1) is 14.4. The minimum atomic E-state index is -0.182. The van der Waals surface area contributed by atoms with E-state index in [9.17, 15) is 9.59 Å². The van der Waals surface area contributed by atoms with Crippen molar-refractivity contribution in [3.63, 3.8) is 0 Å². The SMILES string of the molecule is Cc1cc(C)n2ncc(C(=O)N[C@H]3CC[C@H](C(=O)Nc4ccncc4Cl)CC3)c2n1. The average Bonchev–Trinajstić information content (AvgIpc) is 3.14. The second-order valence-corrected chi connectivity index (χ2v) is 8.11. The van der Waals surface area contributed by atoms with Crippen molar-refractivity contribution in [3.05, 3.63) is 52.7 Å². The van der Waals surface area contributed by atoms with Crippen LogP contribution in [0.1, 0.15) is 47.4 Å². The predicted molar refractivity (Wildman–Crippen MR) is 114 cm³/mol. The van der Waals surface area contributed by atoms with E-state index in [0.717, 1.165) is 24.2 Å². The van der Waals surface area contributed by atoms with Crippen LogP contribution in [0, 0.1) is 19.8 Å². The van der Waals surface area contributed by atoms with E-state index in [0.29, 0.717) is 34.8 Å². The van der Waals surface area contributed by atoms with Crippen LogP contribution in [0.25, 0.3) is 5.65 Å². The van der Waals surface area contributed by atoms with Crippen molar-refractivity contribution in [3.8, 4) is 0 Å². The molecule has 0 radical (unpaired) electrons. The molecule has 0 unspecified atom stereocenters. The van der Waals surface area contributed by atoms with Gasteiger partial charge in [0.15, 0.2) is 5.65 Å². The van der Waals surface area contributed by atoms with E-state index in [4.69, 9.17) is 11.6 Å².